The van der Waals surface area contributed by atoms with E-state index in [1.54, 1.807) is 16.8 Å². The average Bonchev–Trinajstić information content (AvgIpc) is 3.22. The van der Waals surface area contributed by atoms with E-state index < -0.39 is 23.3 Å². The first-order valence-electron chi connectivity index (χ1n) is 10.4. The van der Waals surface area contributed by atoms with E-state index in [0.29, 0.717) is 43.7 Å². The molecule has 0 bridgehead atoms. The zero-order chi connectivity index (χ0) is 23.4. The Hall–Kier alpha value is -3.91. The Morgan fingerprint density at radius 2 is 2.03 bits per heavy atom. The number of hydrogen-bond donors (Lipinski definition) is 2. The molecule has 3 N–H and O–H groups in total. The maximum absolute atomic E-state index is 13.9. The third kappa shape index (κ3) is 4.80. The van der Waals surface area contributed by atoms with Gasteiger partial charge in [-0.2, -0.15) is 19.1 Å². The van der Waals surface area contributed by atoms with Crippen molar-refractivity contribution in [2.45, 2.75) is 31.3 Å². The molecule has 3 aromatic heterocycles. The summed E-state index contributed by atoms with van der Waals surface area (Å²) in [4.78, 5) is 21.3. The first-order chi connectivity index (χ1) is 15.9. The Morgan fingerprint density at radius 3 is 2.70 bits per heavy atom. The number of aromatic nitrogens is 4. The van der Waals surface area contributed by atoms with E-state index in [-0.39, 0.29) is 17.8 Å². The fourth-order valence-corrected chi connectivity index (χ4v) is 4.05. The van der Waals surface area contributed by atoms with Crippen molar-refractivity contribution in [1.82, 2.24) is 24.6 Å². The molecule has 170 valence electrons. The number of primary amides is 1. The summed E-state index contributed by atoms with van der Waals surface area (Å²) in [5.74, 6) is -1.70. The van der Waals surface area contributed by atoms with E-state index >= 15 is 0 Å². The molecule has 0 atom stereocenters. The number of halogens is 2. The highest BCUT2D eigenvalue weighted by molar-refractivity contribution is 5.98. The van der Waals surface area contributed by atoms with Crippen LogP contribution in [0.25, 0.3) is 0 Å². The van der Waals surface area contributed by atoms with Crippen LogP contribution in [0.5, 0.6) is 0 Å². The Balaban J connectivity index is 1.57. The van der Waals surface area contributed by atoms with E-state index in [1.165, 1.54) is 30.7 Å². The van der Waals surface area contributed by atoms with Gasteiger partial charge in [-0.05, 0) is 25.0 Å². The summed E-state index contributed by atoms with van der Waals surface area (Å²) >= 11 is 0. The SMILES string of the molecule is N#CCC1(n2cc(C(N)=O)c(Nc3ccnc(F)c3)n2)CCN(Cc2cccnc2F)CC1. The molecule has 33 heavy (non-hydrogen) atoms. The van der Waals surface area contributed by atoms with Gasteiger partial charge < -0.3 is 11.1 Å². The van der Waals surface area contributed by atoms with Gasteiger partial charge in [0.2, 0.25) is 11.9 Å². The Kier molecular flexibility index (Phi) is 6.28. The van der Waals surface area contributed by atoms with E-state index in [9.17, 15) is 18.8 Å². The highest BCUT2D eigenvalue weighted by Crippen LogP contribution is 2.35. The summed E-state index contributed by atoms with van der Waals surface area (Å²) in [6.45, 7) is 1.61. The number of likely N-dealkylation sites (tertiary alicyclic amines) is 1. The summed E-state index contributed by atoms with van der Waals surface area (Å²) in [5, 5.41) is 16.9. The summed E-state index contributed by atoms with van der Waals surface area (Å²) in [6.07, 6.45) is 5.52. The Bertz CT molecular complexity index is 1200. The molecule has 1 aliphatic heterocycles. The molecule has 3 aromatic rings. The van der Waals surface area contributed by atoms with Gasteiger partial charge in [0.15, 0.2) is 5.82 Å². The molecule has 4 heterocycles. The fourth-order valence-electron chi connectivity index (χ4n) is 4.05. The highest BCUT2D eigenvalue weighted by atomic mass is 19.1. The summed E-state index contributed by atoms with van der Waals surface area (Å²) in [5.41, 5.74) is 5.89. The number of amides is 1. The normalized spacial score (nSPS) is 15.7. The molecule has 0 saturated carbocycles. The molecule has 9 nitrogen and oxygen atoms in total. The minimum absolute atomic E-state index is 0.129. The summed E-state index contributed by atoms with van der Waals surface area (Å²) in [7, 11) is 0. The zero-order valence-corrected chi connectivity index (χ0v) is 17.7. The van der Waals surface area contributed by atoms with Crippen LogP contribution < -0.4 is 11.1 Å². The molecule has 11 heteroatoms. The van der Waals surface area contributed by atoms with Gasteiger partial charge in [0.1, 0.15) is 5.56 Å². The fraction of sp³-hybridized carbons (Fsp3) is 0.318. The van der Waals surface area contributed by atoms with E-state index in [0.717, 1.165) is 0 Å². The van der Waals surface area contributed by atoms with Crippen LogP contribution in [0.2, 0.25) is 0 Å². The van der Waals surface area contributed by atoms with Gasteiger partial charge in [-0.15, -0.1) is 0 Å². The maximum atomic E-state index is 13.9. The second-order valence-electron chi connectivity index (χ2n) is 7.98. The second kappa shape index (κ2) is 9.30. The van der Waals surface area contributed by atoms with Crippen LogP contribution in [0.15, 0.2) is 42.9 Å². The number of rotatable bonds is 7. The number of nitrogens with zero attached hydrogens (tertiary/aromatic N) is 6. The van der Waals surface area contributed by atoms with Crippen LogP contribution in [0.1, 0.15) is 35.2 Å². The smallest absolute Gasteiger partial charge is 0.254 e. The third-order valence-electron chi connectivity index (χ3n) is 5.88. The molecule has 1 aliphatic rings. The van der Waals surface area contributed by atoms with Crippen molar-refractivity contribution in [3.63, 3.8) is 0 Å². The lowest BCUT2D eigenvalue weighted by Crippen LogP contribution is -2.46. The number of pyridine rings is 2. The average molecular weight is 452 g/mol. The predicted octanol–water partition coefficient (Wildman–Crippen LogP) is 2.70. The van der Waals surface area contributed by atoms with Crippen LogP contribution >= 0.6 is 0 Å². The number of carbonyl (C=O) groups is 1. The molecular weight excluding hydrogens is 430 g/mol. The first-order valence-corrected chi connectivity index (χ1v) is 10.4. The number of nitrogens with two attached hydrogens (primary N) is 1. The van der Waals surface area contributed by atoms with Crippen molar-refractivity contribution in [3.05, 3.63) is 65.9 Å². The summed E-state index contributed by atoms with van der Waals surface area (Å²) < 4.78 is 29.0. The van der Waals surface area contributed by atoms with Gasteiger partial charge in [-0.1, -0.05) is 6.07 Å². The number of nitriles is 1. The van der Waals surface area contributed by atoms with Crippen LogP contribution in [0, 0.1) is 23.2 Å². The van der Waals surface area contributed by atoms with Crippen molar-refractivity contribution >= 4 is 17.4 Å². The molecule has 0 spiro atoms. The molecular formula is C22H22F2N8O. The zero-order valence-electron chi connectivity index (χ0n) is 17.7. The predicted molar refractivity (Wildman–Crippen MR) is 115 cm³/mol. The quantitative estimate of drug-likeness (QED) is 0.528. The highest BCUT2D eigenvalue weighted by Gasteiger charge is 2.38. The topological polar surface area (TPSA) is 126 Å². The van der Waals surface area contributed by atoms with Gasteiger partial charge >= 0.3 is 0 Å². The van der Waals surface area contributed by atoms with E-state index in [1.807, 2.05) is 0 Å². The number of anilines is 2. The van der Waals surface area contributed by atoms with E-state index in [4.69, 9.17) is 5.73 Å². The van der Waals surface area contributed by atoms with Gasteiger partial charge in [0.25, 0.3) is 5.91 Å². The monoisotopic (exact) mass is 452 g/mol. The molecule has 0 aliphatic carbocycles. The number of nitrogens with one attached hydrogen (secondary N) is 1. The molecule has 1 amide bonds. The molecule has 0 radical (unpaired) electrons. The lowest BCUT2D eigenvalue weighted by Gasteiger charge is -2.40. The standard InChI is InChI=1S/C22H22F2N8O/c23-18-12-16(3-9-27-18)29-21-17(20(26)33)14-32(30-21)22(4-7-25)5-10-31(11-6-22)13-15-2-1-8-28-19(15)24/h1-3,8-9,12,14H,4-6,10-11,13H2,(H2,26,33)(H,27,29,30). The second-order valence-corrected chi connectivity index (χ2v) is 7.98. The molecule has 4 rings (SSSR count). The van der Waals surface area contributed by atoms with Crippen molar-refractivity contribution in [2.24, 2.45) is 5.73 Å². The molecule has 0 unspecified atom stereocenters. The molecule has 0 aromatic carbocycles. The van der Waals surface area contributed by atoms with Crippen molar-refractivity contribution in [2.75, 3.05) is 18.4 Å². The maximum Gasteiger partial charge on any atom is 0.254 e. The van der Waals surface area contributed by atoms with Crippen molar-refractivity contribution < 1.29 is 13.6 Å². The molecule has 1 saturated heterocycles. The Morgan fingerprint density at radius 1 is 1.24 bits per heavy atom. The van der Waals surface area contributed by atoms with Crippen LogP contribution in [0.3, 0.4) is 0 Å². The van der Waals surface area contributed by atoms with Gasteiger partial charge in [-0.25, -0.2) is 9.97 Å². The Labute approximate surface area is 188 Å². The molecule has 1 fully saturated rings. The summed E-state index contributed by atoms with van der Waals surface area (Å²) in [6, 6.07) is 8.32. The minimum Gasteiger partial charge on any atom is -0.365 e. The van der Waals surface area contributed by atoms with Crippen LogP contribution in [-0.2, 0) is 12.1 Å². The number of hydrogen-bond acceptors (Lipinski definition) is 7. The van der Waals surface area contributed by atoms with Crippen molar-refractivity contribution in [3.8, 4) is 6.07 Å². The lowest BCUT2D eigenvalue weighted by molar-refractivity contribution is 0.0960. The lowest BCUT2D eigenvalue weighted by atomic mass is 9.84. The van der Waals surface area contributed by atoms with Crippen LogP contribution in [0.4, 0.5) is 20.3 Å². The van der Waals surface area contributed by atoms with Crippen LogP contribution in [-0.4, -0.2) is 43.6 Å². The first kappa shape index (κ1) is 22.3. The largest absolute Gasteiger partial charge is 0.365 e. The van der Waals surface area contributed by atoms with E-state index in [2.05, 4.69) is 31.4 Å². The van der Waals surface area contributed by atoms with Gasteiger partial charge in [-0.3, -0.25) is 14.4 Å². The van der Waals surface area contributed by atoms with Gasteiger partial charge in [0, 0.05) is 55.5 Å². The third-order valence-corrected chi connectivity index (χ3v) is 5.88. The minimum atomic E-state index is -0.699. The number of carbonyl (C=O) groups excluding carboxylic acids is 1. The van der Waals surface area contributed by atoms with Gasteiger partial charge in [0.05, 0.1) is 18.0 Å². The number of piperidine rings is 1. The van der Waals surface area contributed by atoms with Crippen molar-refractivity contribution in [1.29, 1.82) is 5.26 Å².